The smallest absolute Gasteiger partial charge is 0.348 e. The minimum absolute atomic E-state index is 0.0788. The second-order valence-corrected chi connectivity index (χ2v) is 5.49. The number of ether oxygens (including phenoxy) is 1. The zero-order chi connectivity index (χ0) is 18.6. The maximum Gasteiger partial charge on any atom is 0.348 e. The van der Waals surface area contributed by atoms with E-state index in [-0.39, 0.29) is 24.3 Å². The van der Waals surface area contributed by atoms with Gasteiger partial charge in [-0.1, -0.05) is 60.7 Å². The van der Waals surface area contributed by atoms with E-state index in [1.807, 2.05) is 0 Å². The third-order valence-electron chi connectivity index (χ3n) is 3.73. The van der Waals surface area contributed by atoms with Gasteiger partial charge in [0.1, 0.15) is 0 Å². The van der Waals surface area contributed by atoms with Crippen LogP contribution in [-0.4, -0.2) is 26.0 Å². The molecule has 0 aliphatic carbocycles. The molecular weight excluding hydrogens is 334 g/mol. The second-order valence-electron chi connectivity index (χ2n) is 5.49. The zero-order valence-corrected chi connectivity index (χ0v) is 13.7. The standard InChI is InChI=1S/C18H17N5O3/c19-16-21-14(22-17(20)23-16)11-26-15(24)18(25,12-7-3-1-4-8-12)13-9-5-2-6-10-13/h1-10,25H,11H2,(H4,19,20,21,22,23). The number of esters is 1. The number of anilines is 2. The Labute approximate surface area is 149 Å². The van der Waals surface area contributed by atoms with Crippen LogP contribution in [0, 0.1) is 0 Å². The molecule has 2 aromatic carbocycles. The fourth-order valence-electron chi connectivity index (χ4n) is 2.52. The lowest BCUT2D eigenvalue weighted by Crippen LogP contribution is -2.38. The van der Waals surface area contributed by atoms with Crippen molar-refractivity contribution in [3.05, 3.63) is 77.6 Å². The molecule has 0 radical (unpaired) electrons. The van der Waals surface area contributed by atoms with Gasteiger partial charge in [-0.05, 0) is 11.1 Å². The summed E-state index contributed by atoms with van der Waals surface area (Å²) >= 11 is 0. The summed E-state index contributed by atoms with van der Waals surface area (Å²) in [5.41, 5.74) is 9.78. The fourth-order valence-corrected chi connectivity index (χ4v) is 2.52. The first-order valence-corrected chi connectivity index (χ1v) is 7.76. The first kappa shape index (κ1) is 17.3. The highest BCUT2D eigenvalue weighted by atomic mass is 16.5. The Bertz CT molecular complexity index is 843. The highest BCUT2D eigenvalue weighted by Crippen LogP contribution is 2.31. The summed E-state index contributed by atoms with van der Waals surface area (Å²) in [6.07, 6.45) is 0. The maximum absolute atomic E-state index is 12.8. The van der Waals surface area contributed by atoms with Crippen LogP contribution < -0.4 is 11.5 Å². The topological polar surface area (TPSA) is 137 Å². The number of hydrogen-bond acceptors (Lipinski definition) is 8. The Balaban J connectivity index is 1.91. The molecule has 0 atom stereocenters. The summed E-state index contributed by atoms with van der Waals surface area (Å²) in [5.74, 6) is -0.936. The summed E-state index contributed by atoms with van der Waals surface area (Å²) in [4.78, 5) is 24.2. The molecular formula is C18H17N5O3. The number of rotatable bonds is 5. The van der Waals surface area contributed by atoms with E-state index in [0.717, 1.165) is 0 Å². The van der Waals surface area contributed by atoms with Crippen LogP contribution in [0.25, 0.3) is 0 Å². The van der Waals surface area contributed by atoms with Crippen LogP contribution >= 0.6 is 0 Å². The Morgan fingerprint density at radius 3 is 1.81 bits per heavy atom. The van der Waals surface area contributed by atoms with Crippen molar-refractivity contribution in [2.75, 3.05) is 11.5 Å². The molecule has 1 heterocycles. The van der Waals surface area contributed by atoms with E-state index in [2.05, 4.69) is 15.0 Å². The van der Waals surface area contributed by atoms with Gasteiger partial charge in [0.15, 0.2) is 12.4 Å². The third-order valence-corrected chi connectivity index (χ3v) is 3.73. The SMILES string of the molecule is Nc1nc(N)nc(COC(=O)C(O)(c2ccccc2)c2ccccc2)n1. The largest absolute Gasteiger partial charge is 0.455 e. The van der Waals surface area contributed by atoms with Gasteiger partial charge < -0.3 is 21.3 Å². The highest BCUT2D eigenvalue weighted by molar-refractivity contribution is 5.85. The molecule has 132 valence electrons. The Morgan fingerprint density at radius 2 is 1.35 bits per heavy atom. The van der Waals surface area contributed by atoms with Crippen molar-refractivity contribution in [1.82, 2.24) is 15.0 Å². The van der Waals surface area contributed by atoms with E-state index in [9.17, 15) is 9.90 Å². The average Bonchev–Trinajstić information content (AvgIpc) is 2.66. The number of hydrogen-bond donors (Lipinski definition) is 3. The quantitative estimate of drug-likeness (QED) is 0.579. The Hall–Kier alpha value is -3.52. The number of aliphatic hydroxyl groups is 1. The Morgan fingerprint density at radius 1 is 0.885 bits per heavy atom. The number of carbonyl (C=O) groups excluding carboxylic acids is 1. The van der Waals surface area contributed by atoms with Gasteiger partial charge in [0, 0.05) is 0 Å². The van der Waals surface area contributed by atoms with Crippen LogP contribution in [0.15, 0.2) is 60.7 Å². The van der Waals surface area contributed by atoms with Crippen LogP contribution in [0.5, 0.6) is 0 Å². The van der Waals surface area contributed by atoms with Gasteiger partial charge in [-0.2, -0.15) is 15.0 Å². The monoisotopic (exact) mass is 351 g/mol. The maximum atomic E-state index is 12.8. The van der Waals surface area contributed by atoms with Crippen molar-refractivity contribution in [2.24, 2.45) is 0 Å². The molecule has 0 aliphatic heterocycles. The molecule has 8 heteroatoms. The van der Waals surface area contributed by atoms with Gasteiger partial charge >= 0.3 is 5.97 Å². The van der Waals surface area contributed by atoms with Gasteiger partial charge in [-0.25, -0.2) is 4.79 Å². The number of nitrogens with zero attached hydrogens (tertiary/aromatic N) is 3. The minimum atomic E-state index is -1.98. The van der Waals surface area contributed by atoms with Crippen LogP contribution in [0.3, 0.4) is 0 Å². The summed E-state index contributed by atoms with van der Waals surface area (Å²) < 4.78 is 5.26. The number of nitrogens with two attached hydrogens (primary N) is 2. The van der Waals surface area contributed by atoms with Gasteiger partial charge in [0.05, 0.1) is 0 Å². The molecule has 0 unspecified atom stereocenters. The Kier molecular flexibility index (Phi) is 4.76. The molecule has 0 saturated carbocycles. The first-order valence-electron chi connectivity index (χ1n) is 7.76. The van der Waals surface area contributed by atoms with E-state index in [1.54, 1.807) is 60.7 Å². The van der Waals surface area contributed by atoms with Gasteiger partial charge in [-0.15, -0.1) is 0 Å². The van der Waals surface area contributed by atoms with Crippen molar-refractivity contribution >= 4 is 17.9 Å². The molecule has 0 aliphatic rings. The summed E-state index contributed by atoms with van der Waals surface area (Å²) in [7, 11) is 0. The van der Waals surface area contributed by atoms with E-state index < -0.39 is 11.6 Å². The predicted molar refractivity (Wildman–Crippen MR) is 94.3 cm³/mol. The van der Waals surface area contributed by atoms with E-state index in [4.69, 9.17) is 16.2 Å². The number of aromatic nitrogens is 3. The van der Waals surface area contributed by atoms with Gasteiger partial charge in [0.2, 0.25) is 17.5 Å². The van der Waals surface area contributed by atoms with Crippen molar-refractivity contribution in [2.45, 2.75) is 12.2 Å². The molecule has 3 aromatic rings. The molecule has 8 nitrogen and oxygen atoms in total. The van der Waals surface area contributed by atoms with Crippen LogP contribution in [0.4, 0.5) is 11.9 Å². The zero-order valence-electron chi connectivity index (χ0n) is 13.7. The number of carbonyl (C=O) groups is 1. The average molecular weight is 351 g/mol. The highest BCUT2D eigenvalue weighted by Gasteiger charge is 2.41. The first-order chi connectivity index (χ1) is 12.5. The minimum Gasteiger partial charge on any atom is -0.455 e. The normalized spacial score (nSPS) is 11.1. The molecule has 0 spiro atoms. The molecule has 0 amide bonds. The predicted octanol–water partition coefficient (Wildman–Crippen LogP) is 1.02. The fraction of sp³-hybridized carbons (Fsp3) is 0.111. The van der Waals surface area contributed by atoms with Gasteiger partial charge in [0.25, 0.3) is 0 Å². The molecule has 1 aromatic heterocycles. The van der Waals surface area contributed by atoms with Crippen LogP contribution in [-0.2, 0) is 21.7 Å². The van der Waals surface area contributed by atoms with E-state index in [1.165, 1.54) is 0 Å². The lowest BCUT2D eigenvalue weighted by Gasteiger charge is -2.26. The number of nitrogen functional groups attached to an aromatic ring is 2. The lowest BCUT2D eigenvalue weighted by atomic mass is 9.86. The number of benzene rings is 2. The summed E-state index contributed by atoms with van der Waals surface area (Å²) in [5, 5.41) is 11.2. The molecule has 0 bridgehead atoms. The summed E-state index contributed by atoms with van der Waals surface area (Å²) in [6.45, 7) is -0.308. The molecule has 26 heavy (non-hydrogen) atoms. The van der Waals surface area contributed by atoms with E-state index in [0.29, 0.717) is 11.1 Å². The molecule has 3 rings (SSSR count). The van der Waals surface area contributed by atoms with Crippen LogP contribution in [0.1, 0.15) is 17.0 Å². The van der Waals surface area contributed by atoms with Crippen molar-refractivity contribution in [3.8, 4) is 0 Å². The summed E-state index contributed by atoms with van der Waals surface area (Å²) in [6, 6.07) is 17.1. The molecule has 0 saturated heterocycles. The van der Waals surface area contributed by atoms with Crippen molar-refractivity contribution in [1.29, 1.82) is 0 Å². The molecule has 0 fully saturated rings. The molecule has 5 N–H and O–H groups in total. The lowest BCUT2D eigenvalue weighted by molar-refractivity contribution is -0.163. The van der Waals surface area contributed by atoms with Crippen molar-refractivity contribution < 1.29 is 14.6 Å². The second kappa shape index (κ2) is 7.16. The van der Waals surface area contributed by atoms with Crippen LogP contribution in [0.2, 0.25) is 0 Å². The van der Waals surface area contributed by atoms with Gasteiger partial charge in [-0.3, -0.25) is 0 Å². The third kappa shape index (κ3) is 3.45. The van der Waals surface area contributed by atoms with E-state index >= 15 is 0 Å². The van der Waals surface area contributed by atoms with Crippen molar-refractivity contribution in [3.63, 3.8) is 0 Å².